The molecule has 1 aromatic rings. The number of nitrogens with zero attached hydrogens (tertiary/aromatic N) is 1. The SMILES string of the molecule is CO[C@H]1O[C@H](C[C@H]2C[C@@H]3C[C@@H](c4ccccc4)N2O3)[C@@H]2OC(C)(C)O[C@H]12. The Morgan fingerprint density at radius 2 is 1.88 bits per heavy atom. The Labute approximate surface area is 154 Å². The van der Waals surface area contributed by atoms with Crippen LogP contribution in [0.3, 0.4) is 0 Å². The zero-order chi connectivity index (χ0) is 17.9. The number of hydroxylamine groups is 2. The minimum Gasteiger partial charge on any atom is -0.353 e. The minimum atomic E-state index is -0.591. The molecule has 0 saturated carbocycles. The van der Waals surface area contributed by atoms with Crippen molar-refractivity contribution in [2.24, 2.45) is 0 Å². The van der Waals surface area contributed by atoms with Crippen molar-refractivity contribution < 1.29 is 23.8 Å². The molecule has 6 heteroatoms. The number of hydrogen-bond donors (Lipinski definition) is 0. The van der Waals surface area contributed by atoms with Crippen molar-refractivity contribution in [3.05, 3.63) is 35.9 Å². The summed E-state index contributed by atoms with van der Waals surface area (Å²) in [4.78, 5) is 6.14. The Balaban J connectivity index is 1.31. The zero-order valence-corrected chi connectivity index (χ0v) is 15.5. The molecule has 4 aliphatic rings. The Morgan fingerprint density at radius 3 is 2.62 bits per heavy atom. The van der Waals surface area contributed by atoms with Gasteiger partial charge < -0.3 is 18.9 Å². The summed E-state index contributed by atoms with van der Waals surface area (Å²) >= 11 is 0. The Morgan fingerprint density at radius 1 is 1.12 bits per heavy atom. The second kappa shape index (κ2) is 6.26. The molecule has 4 heterocycles. The van der Waals surface area contributed by atoms with Crippen LogP contribution in [0.15, 0.2) is 30.3 Å². The molecule has 1 aromatic carbocycles. The summed E-state index contributed by atoms with van der Waals surface area (Å²) in [6.07, 6.45) is 2.60. The number of ether oxygens (including phenoxy) is 4. The molecule has 0 spiro atoms. The van der Waals surface area contributed by atoms with Crippen molar-refractivity contribution in [2.45, 2.75) is 81.7 Å². The van der Waals surface area contributed by atoms with Gasteiger partial charge in [0.2, 0.25) is 0 Å². The van der Waals surface area contributed by atoms with E-state index in [2.05, 4.69) is 35.4 Å². The Kier molecular flexibility index (Phi) is 4.12. The molecule has 0 aromatic heterocycles. The van der Waals surface area contributed by atoms with E-state index in [9.17, 15) is 0 Å². The first-order valence-corrected chi connectivity index (χ1v) is 9.58. The largest absolute Gasteiger partial charge is 0.353 e. The van der Waals surface area contributed by atoms with Gasteiger partial charge in [0.25, 0.3) is 0 Å². The minimum absolute atomic E-state index is 0.0453. The van der Waals surface area contributed by atoms with E-state index in [1.165, 1.54) is 5.56 Å². The lowest BCUT2D eigenvalue weighted by molar-refractivity contribution is -0.230. The van der Waals surface area contributed by atoms with Gasteiger partial charge in [0.1, 0.15) is 12.2 Å². The maximum atomic E-state index is 6.14. The van der Waals surface area contributed by atoms with Gasteiger partial charge in [-0.3, -0.25) is 4.84 Å². The molecule has 0 radical (unpaired) electrons. The maximum absolute atomic E-state index is 6.14. The summed E-state index contributed by atoms with van der Waals surface area (Å²) in [5.41, 5.74) is 1.32. The van der Waals surface area contributed by atoms with Gasteiger partial charge in [-0.2, -0.15) is 5.06 Å². The predicted molar refractivity (Wildman–Crippen MR) is 93.0 cm³/mol. The monoisotopic (exact) mass is 361 g/mol. The molecule has 1 unspecified atom stereocenters. The average Bonchev–Trinajstić information content (AvgIpc) is 3.36. The summed E-state index contributed by atoms with van der Waals surface area (Å²) in [5.74, 6) is -0.591. The van der Waals surface area contributed by atoms with Crippen LogP contribution < -0.4 is 0 Å². The quantitative estimate of drug-likeness (QED) is 0.822. The molecular formula is C20H27NO5. The van der Waals surface area contributed by atoms with Gasteiger partial charge >= 0.3 is 0 Å². The highest BCUT2D eigenvalue weighted by Gasteiger charge is 2.57. The Hall–Kier alpha value is -1.02. The molecule has 142 valence electrons. The lowest BCUT2D eigenvalue weighted by Gasteiger charge is -2.32. The van der Waals surface area contributed by atoms with Gasteiger partial charge in [0.05, 0.1) is 18.2 Å². The van der Waals surface area contributed by atoms with Crippen LogP contribution in [-0.4, -0.2) is 54.7 Å². The fraction of sp³-hybridized carbons (Fsp3) is 0.700. The van der Waals surface area contributed by atoms with E-state index in [1.807, 2.05) is 13.8 Å². The number of piperidine rings is 1. The predicted octanol–water partition coefficient (Wildman–Crippen LogP) is 2.79. The fourth-order valence-electron chi connectivity index (χ4n) is 4.98. The molecule has 4 aliphatic heterocycles. The third-order valence-corrected chi connectivity index (χ3v) is 5.99. The number of fused-ring (bicyclic) bond motifs is 3. The molecule has 4 fully saturated rings. The van der Waals surface area contributed by atoms with E-state index >= 15 is 0 Å². The lowest BCUT2D eigenvalue weighted by atomic mass is 9.90. The maximum Gasteiger partial charge on any atom is 0.186 e. The number of methoxy groups -OCH3 is 1. The van der Waals surface area contributed by atoms with E-state index in [4.69, 9.17) is 23.8 Å². The van der Waals surface area contributed by atoms with E-state index in [-0.39, 0.29) is 24.6 Å². The van der Waals surface area contributed by atoms with Crippen molar-refractivity contribution in [3.63, 3.8) is 0 Å². The lowest BCUT2D eigenvalue weighted by Crippen LogP contribution is -2.39. The van der Waals surface area contributed by atoms with Crippen molar-refractivity contribution in [3.8, 4) is 0 Å². The van der Waals surface area contributed by atoms with E-state index in [0.29, 0.717) is 18.2 Å². The second-order valence-corrected chi connectivity index (χ2v) is 8.22. The third-order valence-electron chi connectivity index (χ3n) is 5.99. The van der Waals surface area contributed by atoms with Crippen LogP contribution in [0.2, 0.25) is 0 Å². The molecule has 5 rings (SSSR count). The van der Waals surface area contributed by atoms with Crippen LogP contribution in [0.5, 0.6) is 0 Å². The topological polar surface area (TPSA) is 49.4 Å². The van der Waals surface area contributed by atoms with Gasteiger partial charge in [-0.1, -0.05) is 30.3 Å². The first kappa shape index (κ1) is 17.1. The molecule has 4 saturated heterocycles. The smallest absolute Gasteiger partial charge is 0.186 e. The van der Waals surface area contributed by atoms with Crippen LogP contribution in [0.4, 0.5) is 0 Å². The first-order chi connectivity index (χ1) is 12.5. The normalized spacial score (nSPS) is 46.0. The van der Waals surface area contributed by atoms with Crippen LogP contribution in [0.1, 0.15) is 44.7 Å². The summed E-state index contributed by atoms with van der Waals surface area (Å²) in [6, 6.07) is 11.3. The molecule has 0 N–H and O–H groups in total. The van der Waals surface area contributed by atoms with Gasteiger partial charge in [-0.05, 0) is 38.7 Å². The van der Waals surface area contributed by atoms with Gasteiger partial charge in [0, 0.05) is 13.2 Å². The van der Waals surface area contributed by atoms with Crippen LogP contribution in [0.25, 0.3) is 0 Å². The van der Waals surface area contributed by atoms with Crippen LogP contribution >= 0.6 is 0 Å². The van der Waals surface area contributed by atoms with E-state index in [1.54, 1.807) is 7.11 Å². The van der Waals surface area contributed by atoms with Gasteiger partial charge in [-0.15, -0.1) is 0 Å². The van der Waals surface area contributed by atoms with E-state index < -0.39 is 5.79 Å². The highest BCUT2D eigenvalue weighted by Crippen LogP contribution is 2.47. The molecule has 8 atom stereocenters. The average molecular weight is 361 g/mol. The highest BCUT2D eigenvalue weighted by molar-refractivity contribution is 5.21. The zero-order valence-electron chi connectivity index (χ0n) is 15.5. The summed E-state index contributed by atoms with van der Waals surface area (Å²) in [5, 5.41) is 2.19. The second-order valence-electron chi connectivity index (χ2n) is 8.22. The standard InChI is InChI=1S/C20H27NO5/c1-20(2)24-17-16(23-19(22-3)18(17)25-20)10-13-9-14-11-15(21(13)26-14)12-7-5-4-6-8-12/h4-8,13-19H,9-11H2,1-3H3/t13-,14-,15+,16-,17+,18+,19+/m1/s1. The number of rotatable bonds is 4. The fourth-order valence-corrected chi connectivity index (χ4v) is 4.98. The summed E-state index contributed by atoms with van der Waals surface area (Å²) in [7, 11) is 1.66. The molecular weight excluding hydrogens is 334 g/mol. The molecule has 0 aliphatic carbocycles. The third kappa shape index (κ3) is 2.80. The van der Waals surface area contributed by atoms with Crippen LogP contribution in [0, 0.1) is 0 Å². The molecule has 6 nitrogen and oxygen atoms in total. The van der Waals surface area contributed by atoms with Gasteiger partial charge in [-0.25, -0.2) is 0 Å². The highest BCUT2D eigenvalue weighted by atomic mass is 16.8. The van der Waals surface area contributed by atoms with E-state index in [0.717, 1.165) is 19.3 Å². The number of benzene rings is 1. The molecule has 0 amide bonds. The van der Waals surface area contributed by atoms with Crippen molar-refractivity contribution >= 4 is 0 Å². The van der Waals surface area contributed by atoms with Crippen LogP contribution in [-0.2, 0) is 23.8 Å². The molecule has 2 bridgehead atoms. The number of hydrogen-bond acceptors (Lipinski definition) is 6. The van der Waals surface area contributed by atoms with Crippen molar-refractivity contribution in [1.82, 2.24) is 5.06 Å². The van der Waals surface area contributed by atoms with Gasteiger partial charge in [0.15, 0.2) is 12.1 Å². The Bertz CT molecular complexity index is 653. The van der Waals surface area contributed by atoms with Crippen molar-refractivity contribution in [2.75, 3.05) is 7.11 Å². The summed E-state index contributed by atoms with van der Waals surface area (Å²) in [6.45, 7) is 3.90. The molecule has 26 heavy (non-hydrogen) atoms. The van der Waals surface area contributed by atoms with Crippen molar-refractivity contribution in [1.29, 1.82) is 0 Å². The first-order valence-electron chi connectivity index (χ1n) is 9.58. The summed E-state index contributed by atoms with van der Waals surface area (Å²) < 4.78 is 23.8.